The van der Waals surface area contributed by atoms with Crippen molar-refractivity contribution in [3.05, 3.63) is 48.1 Å². The summed E-state index contributed by atoms with van der Waals surface area (Å²) in [7, 11) is -2.20. The number of fused-ring (bicyclic) bond motifs is 4. The fourth-order valence-electron chi connectivity index (χ4n) is 5.92. The maximum atomic E-state index is 13.2. The van der Waals surface area contributed by atoms with Gasteiger partial charge >= 0.3 is 11.9 Å². The number of nitrogens with one attached hydrogen (secondary N) is 1. The van der Waals surface area contributed by atoms with Gasteiger partial charge in [0, 0.05) is 24.8 Å². The average molecular weight is 636 g/mol. The van der Waals surface area contributed by atoms with E-state index < -0.39 is 34.1 Å². The molecule has 0 aromatic carbocycles. The topological polar surface area (TPSA) is 134 Å². The van der Waals surface area contributed by atoms with E-state index in [9.17, 15) is 22.8 Å². The second kappa shape index (κ2) is 17.7. The van der Waals surface area contributed by atoms with Gasteiger partial charge in [0.2, 0.25) is 15.9 Å². The molecule has 0 radical (unpaired) electrons. The van der Waals surface area contributed by atoms with Crippen LogP contribution in [-0.4, -0.2) is 70.1 Å². The summed E-state index contributed by atoms with van der Waals surface area (Å²) < 4.78 is 48.0. The molecule has 2 saturated heterocycles. The lowest BCUT2D eigenvalue weighted by atomic mass is 9.89. The molecule has 1 amide bonds. The lowest BCUT2D eigenvalue weighted by Crippen LogP contribution is -2.37. The molecule has 10 nitrogen and oxygen atoms in total. The van der Waals surface area contributed by atoms with Gasteiger partial charge in [0.15, 0.2) is 0 Å². The number of carbonyl (C=O) groups excluding carboxylic acids is 3. The van der Waals surface area contributed by atoms with Crippen molar-refractivity contribution in [3.8, 4) is 0 Å². The van der Waals surface area contributed by atoms with Crippen molar-refractivity contribution >= 4 is 27.9 Å². The number of cyclic esters (lactones) is 1. The van der Waals surface area contributed by atoms with Crippen LogP contribution in [0.2, 0.25) is 0 Å². The summed E-state index contributed by atoms with van der Waals surface area (Å²) in [4.78, 5) is 36.9. The Bertz CT molecular complexity index is 1210. The van der Waals surface area contributed by atoms with Crippen molar-refractivity contribution in [3.63, 3.8) is 0 Å². The summed E-state index contributed by atoms with van der Waals surface area (Å²) in [6.45, 7) is 4.18. The third-order valence-electron chi connectivity index (χ3n) is 8.03. The molecule has 44 heavy (non-hydrogen) atoms. The van der Waals surface area contributed by atoms with E-state index in [4.69, 9.17) is 18.9 Å². The minimum Gasteiger partial charge on any atom is -0.466 e. The number of hydrogen-bond acceptors (Lipinski definition) is 9. The summed E-state index contributed by atoms with van der Waals surface area (Å²) in [6, 6.07) is 0. The number of sulfonamides is 1. The maximum Gasteiger partial charge on any atom is 0.330 e. The summed E-state index contributed by atoms with van der Waals surface area (Å²) in [6.07, 6.45) is 20.3. The van der Waals surface area contributed by atoms with Gasteiger partial charge in [0.05, 0.1) is 44.2 Å². The number of rotatable bonds is 8. The van der Waals surface area contributed by atoms with Crippen molar-refractivity contribution in [2.24, 2.45) is 11.8 Å². The third kappa shape index (κ3) is 13.5. The van der Waals surface area contributed by atoms with Gasteiger partial charge in [-0.05, 0) is 63.4 Å². The first kappa shape index (κ1) is 35.7. The number of methoxy groups -OCH3 is 1. The number of ether oxygens (including phenoxy) is 4. The second-order valence-electron chi connectivity index (χ2n) is 12.3. The highest BCUT2D eigenvalue weighted by Gasteiger charge is 2.33. The highest BCUT2D eigenvalue weighted by atomic mass is 32.2. The quantitative estimate of drug-likeness (QED) is 0.131. The molecule has 2 fully saturated rings. The number of amides is 1. The monoisotopic (exact) mass is 635 g/mol. The van der Waals surface area contributed by atoms with E-state index >= 15 is 0 Å². The van der Waals surface area contributed by atoms with Crippen LogP contribution in [0.5, 0.6) is 0 Å². The van der Waals surface area contributed by atoms with Crippen LogP contribution in [0, 0.1) is 11.8 Å². The molecule has 3 aliphatic heterocycles. The molecule has 0 aliphatic carbocycles. The minimum atomic E-state index is -3.55. The van der Waals surface area contributed by atoms with Crippen LogP contribution in [0.4, 0.5) is 0 Å². The first-order valence-corrected chi connectivity index (χ1v) is 17.6. The number of hydrogen-bond donors (Lipinski definition) is 1. The van der Waals surface area contributed by atoms with Crippen molar-refractivity contribution in [1.29, 1.82) is 0 Å². The van der Waals surface area contributed by atoms with Gasteiger partial charge < -0.3 is 18.9 Å². The zero-order valence-corrected chi connectivity index (χ0v) is 27.3. The molecule has 3 aliphatic rings. The number of esters is 2. The van der Waals surface area contributed by atoms with Crippen molar-refractivity contribution in [2.45, 2.75) is 115 Å². The van der Waals surface area contributed by atoms with Crippen LogP contribution >= 0.6 is 0 Å². The fourth-order valence-corrected chi connectivity index (χ4v) is 6.44. The zero-order chi connectivity index (χ0) is 32.1. The predicted molar refractivity (Wildman–Crippen MR) is 167 cm³/mol. The maximum absolute atomic E-state index is 13.2. The van der Waals surface area contributed by atoms with Crippen molar-refractivity contribution in [2.75, 3.05) is 13.4 Å². The van der Waals surface area contributed by atoms with Crippen LogP contribution in [0.1, 0.15) is 84.5 Å². The normalized spacial score (nSPS) is 32.3. The summed E-state index contributed by atoms with van der Waals surface area (Å²) in [5, 5.41) is 0. The molecule has 246 valence electrons. The van der Waals surface area contributed by atoms with Gasteiger partial charge in [-0.15, -0.1) is 0 Å². The Labute approximate surface area is 262 Å². The Kier molecular flexibility index (Phi) is 14.3. The smallest absolute Gasteiger partial charge is 0.330 e. The SMILES string of the molecule is COC(=O)/C=C1\CC2CC(=O)OC(/C=C/C=C\CCCC(=O)NS(C)(=O)=O)C(C)/C=C/C(C)CC3CCCC(CC(C1)O2)O3. The predicted octanol–water partition coefficient (Wildman–Crippen LogP) is 4.85. The van der Waals surface area contributed by atoms with Crippen LogP contribution in [0.15, 0.2) is 48.1 Å². The zero-order valence-electron chi connectivity index (χ0n) is 26.4. The van der Waals surface area contributed by atoms with Crippen molar-refractivity contribution < 1.29 is 41.7 Å². The van der Waals surface area contributed by atoms with Gasteiger partial charge in [-0.1, -0.05) is 49.8 Å². The van der Waals surface area contributed by atoms with Crippen LogP contribution < -0.4 is 4.72 Å². The Hall–Kier alpha value is -2.76. The summed E-state index contributed by atoms with van der Waals surface area (Å²) in [5.41, 5.74) is 0.902. The van der Waals surface area contributed by atoms with Gasteiger partial charge in [-0.3, -0.25) is 14.3 Å². The van der Waals surface area contributed by atoms with Crippen LogP contribution in [0.25, 0.3) is 0 Å². The van der Waals surface area contributed by atoms with E-state index in [-0.39, 0.29) is 43.0 Å². The molecule has 11 heteroatoms. The van der Waals surface area contributed by atoms with E-state index in [2.05, 4.69) is 19.1 Å². The van der Waals surface area contributed by atoms with Gasteiger partial charge in [0.1, 0.15) is 6.10 Å². The van der Waals surface area contributed by atoms with E-state index in [1.165, 1.54) is 13.2 Å². The first-order chi connectivity index (χ1) is 20.9. The highest BCUT2D eigenvalue weighted by molar-refractivity contribution is 7.89. The molecule has 1 N–H and O–H groups in total. The Balaban J connectivity index is 1.71. The molecule has 4 bridgehead atoms. The first-order valence-electron chi connectivity index (χ1n) is 15.7. The molecule has 7 unspecified atom stereocenters. The molecule has 3 heterocycles. The molecule has 0 aromatic heterocycles. The molecular formula is C33H49NO9S. The molecule has 7 atom stereocenters. The lowest BCUT2D eigenvalue weighted by molar-refractivity contribution is -0.154. The van der Waals surface area contributed by atoms with Gasteiger partial charge in [0.25, 0.3) is 0 Å². The largest absolute Gasteiger partial charge is 0.466 e. The van der Waals surface area contributed by atoms with Crippen LogP contribution in [-0.2, 0) is 43.4 Å². The number of carbonyl (C=O) groups is 3. The van der Waals surface area contributed by atoms with Gasteiger partial charge in [-0.2, -0.15) is 0 Å². The Morgan fingerprint density at radius 3 is 2.43 bits per heavy atom. The average Bonchev–Trinajstić information content (AvgIpc) is 2.93. The molecule has 0 aromatic rings. The fraction of sp³-hybridized carbons (Fsp3) is 0.667. The molecular weight excluding hydrogens is 586 g/mol. The Morgan fingerprint density at radius 1 is 1.00 bits per heavy atom. The highest BCUT2D eigenvalue weighted by Crippen LogP contribution is 2.33. The second-order valence-corrected chi connectivity index (χ2v) is 14.0. The Morgan fingerprint density at radius 2 is 1.70 bits per heavy atom. The third-order valence-corrected chi connectivity index (χ3v) is 8.63. The molecule has 0 saturated carbocycles. The van der Waals surface area contributed by atoms with E-state index in [0.717, 1.165) is 37.5 Å². The molecule has 3 rings (SSSR count). The standard InChI is InChI=1S/C33H49NO9S/c1-23-15-16-24(2)30(13-8-6-5-7-9-14-31(35)34-44(4,38)39)43-33(37)22-29-19-25(20-32(36)40-3)18-28(42-29)21-27-12-10-11-26(17-23)41-27/h5-6,8,13,15-16,20,23-24,26-30H,7,9-12,14,17-19,21-22H2,1-4H3,(H,34,35)/b6-5-,13-8+,16-15+,25-20-. The minimum absolute atomic E-state index is 0.0612. The number of unbranched alkanes of at least 4 members (excludes halogenated alkanes) is 1. The van der Waals surface area contributed by atoms with Crippen molar-refractivity contribution in [1.82, 2.24) is 4.72 Å². The van der Waals surface area contributed by atoms with E-state index in [1.807, 2.05) is 35.9 Å². The summed E-state index contributed by atoms with van der Waals surface area (Å²) >= 11 is 0. The van der Waals surface area contributed by atoms with Crippen LogP contribution in [0.3, 0.4) is 0 Å². The van der Waals surface area contributed by atoms with E-state index in [0.29, 0.717) is 38.0 Å². The van der Waals surface area contributed by atoms with Gasteiger partial charge in [-0.25, -0.2) is 13.2 Å². The summed E-state index contributed by atoms with van der Waals surface area (Å²) in [5.74, 6) is -1.12. The van der Waals surface area contributed by atoms with E-state index in [1.54, 1.807) is 0 Å². The lowest BCUT2D eigenvalue weighted by Gasteiger charge is -2.37. The number of allylic oxidation sites excluding steroid dienone is 4. The molecule has 0 spiro atoms.